The number of halogens is 4. The summed E-state index contributed by atoms with van der Waals surface area (Å²) in [5.74, 6) is -5.69. The van der Waals surface area contributed by atoms with Crippen molar-refractivity contribution < 1.29 is 54.3 Å². The van der Waals surface area contributed by atoms with E-state index in [1.165, 1.54) is 6.92 Å². The van der Waals surface area contributed by atoms with E-state index in [-0.39, 0.29) is 42.0 Å². The van der Waals surface area contributed by atoms with Crippen LogP contribution in [0.3, 0.4) is 0 Å². The molecule has 1 N–H and O–H groups in total. The van der Waals surface area contributed by atoms with E-state index in [2.05, 4.69) is 6.58 Å². The van der Waals surface area contributed by atoms with Crippen LogP contribution in [0.5, 0.6) is 0 Å². The summed E-state index contributed by atoms with van der Waals surface area (Å²) in [6.45, 7) is 3.23. The van der Waals surface area contributed by atoms with Crippen LogP contribution in [-0.4, -0.2) is 62.0 Å². The molecule has 0 radical (unpaired) electrons. The first kappa shape index (κ1) is 25.5. The third-order valence-electron chi connectivity index (χ3n) is 5.56. The normalized spacial score (nSPS) is 26.0. The Morgan fingerprint density at radius 1 is 1.13 bits per heavy atom. The van der Waals surface area contributed by atoms with Crippen molar-refractivity contribution in [1.82, 2.24) is 0 Å². The van der Waals surface area contributed by atoms with Crippen molar-refractivity contribution in [2.24, 2.45) is 17.8 Å². The zero-order chi connectivity index (χ0) is 23.6. The third-order valence-corrected chi connectivity index (χ3v) is 6.51. The fraction of sp³-hybridized carbons (Fsp3) is 0.778. The Morgan fingerprint density at radius 3 is 2.29 bits per heavy atom. The Morgan fingerprint density at radius 2 is 1.77 bits per heavy atom. The molecule has 2 aliphatic carbocycles. The van der Waals surface area contributed by atoms with Gasteiger partial charge in [-0.15, -0.1) is 0 Å². The number of fused-ring (bicyclic) bond motifs is 2. The summed E-state index contributed by atoms with van der Waals surface area (Å²) in [5, 5.41) is -5.67. The van der Waals surface area contributed by atoms with Gasteiger partial charge in [-0.1, -0.05) is 6.58 Å². The van der Waals surface area contributed by atoms with E-state index < -0.39 is 46.9 Å². The van der Waals surface area contributed by atoms with Gasteiger partial charge in [0.1, 0.15) is 6.10 Å². The van der Waals surface area contributed by atoms with Gasteiger partial charge in [0.25, 0.3) is 0 Å². The molecular weight excluding hydrogens is 452 g/mol. The second-order valence-electron chi connectivity index (χ2n) is 7.84. The Bertz CT molecular complexity index is 813. The zero-order valence-electron chi connectivity index (χ0n) is 16.7. The first-order chi connectivity index (χ1) is 14.2. The smallest absolute Gasteiger partial charge is 0.431 e. The highest BCUT2D eigenvalue weighted by Gasteiger charge is 2.65. The molecule has 0 aromatic carbocycles. The maximum atomic E-state index is 13.3. The topological polar surface area (TPSA) is 116 Å². The predicted molar refractivity (Wildman–Crippen MR) is 96.9 cm³/mol. The summed E-state index contributed by atoms with van der Waals surface area (Å²) in [7, 11) is -6.31. The highest BCUT2D eigenvalue weighted by atomic mass is 32.2. The minimum atomic E-state index is -6.31. The first-order valence-electron chi connectivity index (χ1n) is 9.48. The van der Waals surface area contributed by atoms with Crippen LogP contribution in [0.25, 0.3) is 0 Å². The standard InChI is InChI=1S/C18H24F4O8S/c1-10(8-28-4-3-17(19,20)18(21,22)31(25,26)27)16(24)29-9-14-6-13-5-12(14)7-15(13)30-11(2)23/h12-15H,1,3-9H2,2H3,(H,25,26,27). The molecule has 4 unspecified atom stereocenters. The number of carbonyl (C=O) groups excluding carboxylic acids is 2. The van der Waals surface area contributed by atoms with Gasteiger partial charge in [-0.25, -0.2) is 4.79 Å². The van der Waals surface area contributed by atoms with Crippen molar-refractivity contribution in [2.75, 3.05) is 19.8 Å². The average molecular weight is 476 g/mol. The van der Waals surface area contributed by atoms with Gasteiger partial charge in [0.15, 0.2) is 0 Å². The minimum Gasteiger partial charge on any atom is -0.462 e. The molecule has 8 nitrogen and oxygen atoms in total. The Labute approximate surface area is 176 Å². The number of hydrogen-bond donors (Lipinski definition) is 1. The maximum Gasteiger partial charge on any atom is 0.431 e. The van der Waals surface area contributed by atoms with E-state index in [1.807, 2.05) is 0 Å². The molecule has 31 heavy (non-hydrogen) atoms. The number of ether oxygens (including phenoxy) is 3. The summed E-state index contributed by atoms with van der Waals surface area (Å²) in [6.07, 6.45) is 0.460. The molecule has 0 aromatic heterocycles. The molecule has 2 rings (SSSR count). The monoisotopic (exact) mass is 476 g/mol. The number of alkyl halides is 4. The van der Waals surface area contributed by atoms with Crippen molar-refractivity contribution in [3.63, 3.8) is 0 Å². The largest absolute Gasteiger partial charge is 0.462 e. The quantitative estimate of drug-likeness (QED) is 0.159. The summed E-state index contributed by atoms with van der Waals surface area (Å²) in [5.41, 5.74) is -0.231. The first-order valence-corrected chi connectivity index (χ1v) is 10.9. The van der Waals surface area contributed by atoms with Gasteiger partial charge < -0.3 is 14.2 Å². The summed E-state index contributed by atoms with van der Waals surface area (Å²) in [4.78, 5) is 23.0. The molecule has 2 fully saturated rings. The molecule has 13 heteroatoms. The highest BCUT2D eigenvalue weighted by Crippen LogP contribution is 2.49. The van der Waals surface area contributed by atoms with Crippen molar-refractivity contribution in [3.8, 4) is 0 Å². The van der Waals surface area contributed by atoms with E-state index in [0.29, 0.717) is 6.42 Å². The van der Waals surface area contributed by atoms with Crippen LogP contribution in [0.4, 0.5) is 17.6 Å². The molecule has 0 amide bonds. The van der Waals surface area contributed by atoms with E-state index in [1.54, 1.807) is 0 Å². The maximum absolute atomic E-state index is 13.3. The molecular formula is C18H24F4O8S. The van der Waals surface area contributed by atoms with Crippen LogP contribution >= 0.6 is 0 Å². The fourth-order valence-electron chi connectivity index (χ4n) is 3.98. The second-order valence-corrected chi connectivity index (χ2v) is 9.30. The minimum absolute atomic E-state index is 0.0934. The molecule has 2 bridgehead atoms. The zero-order valence-corrected chi connectivity index (χ0v) is 17.5. The van der Waals surface area contributed by atoms with Crippen LogP contribution in [0.1, 0.15) is 32.6 Å². The molecule has 2 aliphatic rings. The van der Waals surface area contributed by atoms with E-state index in [4.69, 9.17) is 18.8 Å². The molecule has 0 aromatic rings. The van der Waals surface area contributed by atoms with Gasteiger partial charge >= 0.3 is 33.2 Å². The van der Waals surface area contributed by atoms with Gasteiger partial charge in [-0.05, 0) is 37.0 Å². The predicted octanol–water partition coefficient (Wildman–Crippen LogP) is 2.59. The van der Waals surface area contributed by atoms with Crippen molar-refractivity contribution in [2.45, 2.75) is 49.9 Å². The summed E-state index contributed by atoms with van der Waals surface area (Å²) < 4.78 is 96.9. The van der Waals surface area contributed by atoms with Gasteiger partial charge in [-0.3, -0.25) is 9.35 Å². The van der Waals surface area contributed by atoms with Crippen LogP contribution in [0.15, 0.2) is 12.2 Å². The number of esters is 2. The lowest BCUT2D eigenvalue weighted by Crippen LogP contribution is -2.47. The van der Waals surface area contributed by atoms with Crippen molar-refractivity contribution in [1.29, 1.82) is 0 Å². The van der Waals surface area contributed by atoms with Crippen LogP contribution < -0.4 is 0 Å². The molecule has 4 atom stereocenters. The highest BCUT2D eigenvalue weighted by molar-refractivity contribution is 7.87. The van der Waals surface area contributed by atoms with Gasteiger partial charge in [0, 0.05) is 13.3 Å². The fourth-order valence-corrected chi connectivity index (χ4v) is 4.46. The number of carbonyl (C=O) groups is 2. The lowest BCUT2D eigenvalue weighted by molar-refractivity contribution is -0.170. The molecule has 178 valence electrons. The Balaban J connectivity index is 1.69. The number of rotatable bonds is 11. The Hall–Kier alpha value is -1.73. The van der Waals surface area contributed by atoms with E-state index >= 15 is 0 Å². The molecule has 0 saturated heterocycles. The third kappa shape index (κ3) is 5.95. The van der Waals surface area contributed by atoms with Crippen LogP contribution in [0, 0.1) is 17.8 Å². The summed E-state index contributed by atoms with van der Waals surface area (Å²) >= 11 is 0. The van der Waals surface area contributed by atoms with Crippen molar-refractivity contribution >= 4 is 22.1 Å². The lowest BCUT2D eigenvalue weighted by atomic mass is 9.88. The van der Waals surface area contributed by atoms with Crippen LogP contribution in [-0.2, 0) is 33.9 Å². The van der Waals surface area contributed by atoms with Gasteiger partial charge in [0.2, 0.25) is 0 Å². The average Bonchev–Trinajstić information content (AvgIpc) is 3.21. The van der Waals surface area contributed by atoms with E-state index in [9.17, 15) is 35.6 Å². The summed E-state index contributed by atoms with van der Waals surface area (Å²) in [6, 6.07) is 0. The molecule has 0 heterocycles. The van der Waals surface area contributed by atoms with Crippen LogP contribution in [0.2, 0.25) is 0 Å². The Kier molecular flexibility index (Phi) is 7.75. The lowest BCUT2D eigenvalue weighted by Gasteiger charge is -2.27. The van der Waals surface area contributed by atoms with E-state index in [0.717, 1.165) is 12.8 Å². The van der Waals surface area contributed by atoms with Gasteiger partial charge in [-0.2, -0.15) is 26.0 Å². The molecule has 0 spiro atoms. The molecule has 0 aliphatic heterocycles. The SMILES string of the molecule is C=C(COCCC(F)(F)C(F)(F)S(=O)(=O)O)C(=O)OCC1CC2CC1CC2OC(C)=O. The molecule has 2 saturated carbocycles. The van der Waals surface area contributed by atoms with Gasteiger partial charge in [0.05, 0.1) is 25.4 Å². The number of hydrogen-bond acceptors (Lipinski definition) is 7. The van der Waals surface area contributed by atoms with Crippen molar-refractivity contribution in [3.05, 3.63) is 12.2 Å². The second kappa shape index (κ2) is 9.41.